The van der Waals surface area contributed by atoms with E-state index in [1.165, 1.54) is 16.1 Å². The Hall–Kier alpha value is -1.50. The van der Waals surface area contributed by atoms with Crippen molar-refractivity contribution in [2.75, 3.05) is 38.0 Å². The third-order valence-electron chi connectivity index (χ3n) is 4.24. The van der Waals surface area contributed by atoms with E-state index in [4.69, 9.17) is 5.73 Å². The van der Waals surface area contributed by atoms with Crippen LogP contribution < -0.4 is 11.1 Å². The van der Waals surface area contributed by atoms with E-state index >= 15 is 0 Å². The Morgan fingerprint density at radius 1 is 1.30 bits per heavy atom. The number of rotatable bonds is 6. The first-order valence-electron chi connectivity index (χ1n) is 8.31. The zero-order chi connectivity index (χ0) is 16.1. The van der Waals surface area contributed by atoms with Gasteiger partial charge in [-0.05, 0) is 31.2 Å². The maximum Gasteiger partial charge on any atom is 0.133 e. The number of hydrogen-bond donors (Lipinski definition) is 2. The van der Waals surface area contributed by atoms with E-state index in [0.29, 0.717) is 6.54 Å². The molecule has 5 nitrogen and oxygen atoms in total. The van der Waals surface area contributed by atoms with Crippen LogP contribution in [0.25, 0.3) is 0 Å². The van der Waals surface area contributed by atoms with Gasteiger partial charge in [-0.15, -0.1) is 11.3 Å². The Morgan fingerprint density at radius 3 is 2.96 bits per heavy atom. The first-order chi connectivity index (χ1) is 11.3. The molecule has 3 N–H and O–H groups in total. The van der Waals surface area contributed by atoms with Gasteiger partial charge in [0.15, 0.2) is 0 Å². The van der Waals surface area contributed by atoms with Crippen LogP contribution in [0.15, 0.2) is 17.5 Å². The Balaban J connectivity index is 1.70. The molecule has 0 fully saturated rings. The summed E-state index contributed by atoms with van der Waals surface area (Å²) in [6.45, 7) is 6.64. The molecule has 0 spiro atoms. The summed E-state index contributed by atoms with van der Waals surface area (Å²) in [5.41, 5.74) is 8.20. The van der Waals surface area contributed by atoms with Gasteiger partial charge in [0.1, 0.15) is 11.6 Å². The van der Waals surface area contributed by atoms with E-state index in [-0.39, 0.29) is 0 Å². The third kappa shape index (κ3) is 4.28. The monoisotopic (exact) mass is 331 g/mol. The molecule has 0 saturated heterocycles. The summed E-state index contributed by atoms with van der Waals surface area (Å²) in [6, 6.07) is 4.29. The summed E-state index contributed by atoms with van der Waals surface area (Å²) in [5.74, 6) is 1.88. The number of nitrogens with one attached hydrogen (secondary N) is 1. The predicted molar refractivity (Wildman–Crippen MR) is 96.2 cm³/mol. The van der Waals surface area contributed by atoms with Gasteiger partial charge < -0.3 is 16.0 Å². The third-order valence-corrected chi connectivity index (χ3v) is 5.17. The highest BCUT2D eigenvalue weighted by molar-refractivity contribution is 7.09. The zero-order valence-corrected chi connectivity index (χ0v) is 14.5. The Bertz CT molecular complexity index is 626. The molecule has 6 heteroatoms. The SMILES string of the molecule is Cc1nc2c(c(NCCc3cccs3)n1)CCN(CCN)CC2. The lowest BCUT2D eigenvalue weighted by Crippen LogP contribution is -2.31. The highest BCUT2D eigenvalue weighted by Gasteiger charge is 2.19. The zero-order valence-electron chi connectivity index (χ0n) is 13.7. The van der Waals surface area contributed by atoms with Crippen LogP contribution in [0.2, 0.25) is 0 Å². The smallest absolute Gasteiger partial charge is 0.133 e. The summed E-state index contributed by atoms with van der Waals surface area (Å²) in [4.78, 5) is 13.2. The number of hydrogen-bond acceptors (Lipinski definition) is 6. The molecule has 2 aromatic heterocycles. The van der Waals surface area contributed by atoms with Crippen LogP contribution in [0, 0.1) is 6.92 Å². The van der Waals surface area contributed by atoms with E-state index in [9.17, 15) is 0 Å². The van der Waals surface area contributed by atoms with Crippen molar-refractivity contribution in [1.29, 1.82) is 0 Å². The summed E-state index contributed by atoms with van der Waals surface area (Å²) in [6.07, 6.45) is 3.02. The van der Waals surface area contributed by atoms with Crippen molar-refractivity contribution in [3.05, 3.63) is 39.5 Å². The number of aryl methyl sites for hydroxylation is 1. The van der Waals surface area contributed by atoms with Gasteiger partial charge in [0, 0.05) is 49.6 Å². The Kier molecular flexibility index (Phi) is 5.59. The topological polar surface area (TPSA) is 67.1 Å². The molecule has 0 unspecified atom stereocenters. The maximum absolute atomic E-state index is 5.70. The van der Waals surface area contributed by atoms with Gasteiger partial charge in [0.25, 0.3) is 0 Å². The van der Waals surface area contributed by atoms with E-state index in [1.54, 1.807) is 0 Å². The first-order valence-corrected chi connectivity index (χ1v) is 9.19. The van der Waals surface area contributed by atoms with Crippen molar-refractivity contribution in [1.82, 2.24) is 14.9 Å². The Morgan fingerprint density at radius 2 is 2.17 bits per heavy atom. The molecule has 0 aliphatic carbocycles. The van der Waals surface area contributed by atoms with Gasteiger partial charge in [-0.25, -0.2) is 9.97 Å². The second kappa shape index (κ2) is 7.86. The lowest BCUT2D eigenvalue weighted by molar-refractivity contribution is 0.295. The molecule has 23 heavy (non-hydrogen) atoms. The highest BCUT2D eigenvalue weighted by atomic mass is 32.1. The molecule has 2 aromatic rings. The van der Waals surface area contributed by atoms with Crippen LogP contribution in [0.4, 0.5) is 5.82 Å². The highest BCUT2D eigenvalue weighted by Crippen LogP contribution is 2.21. The number of aromatic nitrogens is 2. The normalized spacial score (nSPS) is 15.2. The van der Waals surface area contributed by atoms with Crippen molar-refractivity contribution >= 4 is 17.2 Å². The minimum atomic E-state index is 0.715. The van der Waals surface area contributed by atoms with E-state index < -0.39 is 0 Å². The van der Waals surface area contributed by atoms with Crippen LogP contribution in [-0.4, -0.2) is 47.6 Å². The minimum Gasteiger partial charge on any atom is -0.369 e. The predicted octanol–water partition coefficient (Wildman–Crippen LogP) is 1.86. The quantitative estimate of drug-likeness (QED) is 0.846. The second-order valence-electron chi connectivity index (χ2n) is 5.93. The average molecular weight is 331 g/mol. The molecule has 0 bridgehead atoms. The van der Waals surface area contributed by atoms with Crippen molar-refractivity contribution in [3.8, 4) is 0 Å². The number of nitrogens with zero attached hydrogens (tertiary/aromatic N) is 3. The lowest BCUT2D eigenvalue weighted by Gasteiger charge is -2.18. The largest absolute Gasteiger partial charge is 0.369 e. The maximum atomic E-state index is 5.70. The fraction of sp³-hybridized carbons (Fsp3) is 0.529. The standard InChI is InChI=1S/C17H25N5S/c1-13-20-16-6-10-22(11-7-18)9-5-15(16)17(21-13)19-8-4-14-3-2-12-23-14/h2-3,12H,4-11,18H2,1H3,(H,19,20,21). The molecule has 1 aliphatic heterocycles. The summed E-state index contributed by atoms with van der Waals surface area (Å²) in [5, 5.41) is 5.67. The number of anilines is 1. The molecule has 0 amide bonds. The van der Waals surface area contributed by atoms with Gasteiger partial charge in [0.2, 0.25) is 0 Å². The molecule has 3 heterocycles. The fourth-order valence-corrected chi connectivity index (χ4v) is 3.79. The van der Waals surface area contributed by atoms with Crippen molar-refractivity contribution in [2.24, 2.45) is 5.73 Å². The number of nitrogens with two attached hydrogens (primary N) is 1. The van der Waals surface area contributed by atoms with Crippen LogP contribution in [-0.2, 0) is 19.3 Å². The van der Waals surface area contributed by atoms with Crippen LogP contribution in [0.1, 0.15) is 22.0 Å². The Labute approximate surface area is 141 Å². The molecule has 124 valence electrons. The van der Waals surface area contributed by atoms with Crippen molar-refractivity contribution < 1.29 is 0 Å². The van der Waals surface area contributed by atoms with Crippen molar-refractivity contribution in [3.63, 3.8) is 0 Å². The fourth-order valence-electron chi connectivity index (χ4n) is 3.08. The molecule has 1 aliphatic rings. The molecule has 0 radical (unpaired) electrons. The molecule has 0 aromatic carbocycles. The lowest BCUT2D eigenvalue weighted by atomic mass is 10.1. The van der Waals surface area contributed by atoms with Gasteiger partial charge in [-0.1, -0.05) is 6.07 Å². The number of thiophene rings is 1. The molecule has 3 rings (SSSR count). The minimum absolute atomic E-state index is 0.715. The summed E-state index contributed by atoms with van der Waals surface area (Å²) >= 11 is 1.81. The van der Waals surface area contributed by atoms with Gasteiger partial charge in [0.05, 0.1) is 5.69 Å². The van der Waals surface area contributed by atoms with E-state index in [0.717, 1.165) is 57.1 Å². The van der Waals surface area contributed by atoms with Gasteiger partial charge in [-0.3, -0.25) is 0 Å². The first kappa shape index (κ1) is 16.4. The van der Waals surface area contributed by atoms with Gasteiger partial charge >= 0.3 is 0 Å². The van der Waals surface area contributed by atoms with E-state index in [1.807, 2.05) is 18.3 Å². The van der Waals surface area contributed by atoms with Crippen LogP contribution in [0.5, 0.6) is 0 Å². The molecule has 0 atom stereocenters. The molecular formula is C17H25N5S. The average Bonchev–Trinajstić information content (AvgIpc) is 2.96. The number of fused-ring (bicyclic) bond motifs is 1. The summed E-state index contributed by atoms with van der Waals surface area (Å²) < 4.78 is 0. The summed E-state index contributed by atoms with van der Waals surface area (Å²) in [7, 11) is 0. The van der Waals surface area contributed by atoms with Crippen molar-refractivity contribution in [2.45, 2.75) is 26.2 Å². The van der Waals surface area contributed by atoms with Crippen LogP contribution in [0.3, 0.4) is 0 Å². The molecular weight excluding hydrogens is 306 g/mol. The second-order valence-corrected chi connectivity index (χ2v) is 6.96. The van der Waals surface area contributed by atoms with E-state index in [2.05, 4.69) is 37.7 Å². The molecule has 0 saturated carbocycles. The van der Waals surface area contributed by atoms with Crippen LogP contribution >= 0.6 is 11.3 Å². The van der Waals surface area contributed by atoms with Gasteiger partial charge in [-0.2, -0.15) is 0 Å².